The summed E-state index contributed by atoms with van der Waals surface area (Å²) in [7, 11) is 0. The zero-order chi connectivity index (χ0) is 13.5. The molecule has 0 amide bonds. The van der Waals surface area contributed by atoms with Crippen LogP contribution in [0, 0.1) is 0 Å². The fraction of sp³-hybridized carbons (Fsp3) is 0.647. The molecule has 0 fully saturated rings. The van der Waals surface area contributed by atoms with Gasteiger partial charge in [0.1, 0.15) is 0 Å². The first kappa shape index (κ1) is 14.5. The lowest BCUT2D eigenvalue weighted by atomic mass is 10.1. The lowest BCUT2D eigenvalue weighted by Gasteiger charge is -2.13. The smallest absolute Gasteiger partial charge is 0.0341 e. The van der Waals surface area contributed by atoms with Crippen molar-refractivity contribution in [2.24, 2.45) is 5.73 Å². The lowest BCUT2D eigenvalue weighted by molar-refractivity contribution is 0.480. The third kappa shape index (κ3) is 4.05. The highest BCUT2D eigenvalue weighted by Crippen LogP contribution is 2.36. The van der Waals surface area contributed by atoms with Crippen LogP contribution >= 0.6 is 0 Å². The predicted octanol–water partition coefficient (Wildman–Crippen LogP) is 4.08. The Balaban J connectivity index is 1.68. The molecule has 0 spiro atoms. The molecule has 1 aromatic rings. The van der Waals surface area contributed by atoms with Gasteiger partial charge in [0.15, 0.2) is 0 Å². The van der Waals surface area contributed by atoms with Gasteiger partial charge in [-0.05, 0) is 30.5 Å². The average Bonchev–Trinajstić information content (AvgIpc) is 2.75. The van der Waals surface area contributed by atoms with E-state index in [1.54, 1.807) is 0 Å². The summed E-state index contributed by atoms with van der Waals surface area (Å²) in [6.45, 7) is 3.39. The number of hydrogen-bond donors (Lipinski definition) is 2. The van der Waals surface area contributed by atoms with Crippen LogP contribution < -0.4 is 11.1 Å². The van der Waals surface area contributed by atoms with Crippen molar-refractivity contribution in [2.75, 3.05) is 6.54 Å². The number of rotatable bonds is 8. The Kier molecular flexibility index (Phi) is 5.87. The van der Waals surface area contributed by atoms with E-state index in [4.69, 9.17) is 5.73 Å². The molecule has 2 atom stereocenters. The normalized spacial score (nSPS) is 21.6. The summed E-state index contributed by atoms with van der Waals surface area (Å²) in [5.41, 5.74) is 8.94. The van der Waals surface area contributed by atoms with Gasteiger partial charge in [0.25, 0.3) is 0 Å². The maximum absolute atomic E-state index is 6.18. The monoisotopic (exact) mass is 260 g/mol. The van der Waals surface area contributed by atoms with Crippen LogP contribution in [0.15, 0.2) is 24.3 Å². The highest BCUT2D eigenvalue weighted by Gasteiger charge is 2.27. The van der Waals surface area contributed by atoms with E-state index in [1.165, 1.54) is 49.7 Å². The van der Waals surface area contributed by atoms with Gasteiger partial charge in [-0.15, -0.1) is 0 Å². The van der Waals surface area contributed by atoms with Gasteiger partial charge in [-0.25, -0.2) is 0 Å². The van der Waals surface area contributed by atoms with Gasteiger partial charge in [0.2, 0.25) is 0 Å². The zero-order valence-electron chi connectivity index (χ0n) is 12.2. The van der Waals surface area contributed by atoms with Gasteiger partial charge in [0.05, 0.1) is 0 Å². The molecule has 0 aliphatic heterocycles. The van der Waals surface area contributed by atoms with Crippen molar-refractivity contribution < 1.29 is 0 Å². The summed E-state index contributed by atoms with van der Waals surface area (Å²) >= 11 is 0. The Morgan fingerprint density at radius 1 is 1.05 bits per heavy atom. The Hall–Kier alpha value is -0.860. The van der Waals surface area contributed by atoms with E-state index >= 15 is 0 Å². The Labute approximate surface area is 117 Å². The van der Waals surface area contributed by atoms with Crippen LogP contribution in [0.1, 0.15) is 75.1 Å². The molecule has 0 bridgehead atoms. The van der Waals surface area contributed by atoms with E-state index < -0.39 is 0 Å². The molecule has 0 saturated heterocycles. The summed E-state index contributed by atoms with van der Waals surface area (Å²) in [5, 5.41) is 3.68. The zero-order valence-corrected chi connectivity index (χ0v) is 12.2. The number of nitrogens with one attached hydrogen (secondary N) is 1. The molecule has 2 heteroatoms. The van der Waals surface area contributed by atoms with E-state index in [1.807, 2.05) is 0 Å². The van der Waals surface area contributed by atoms with Crippen LogP contribution in [-0.2, 0) is 0 Å². The molecule has 0 heterocycles. The summed E-state index contributed by atoms with van der Waals surface area (Å²) in [6.07, 6.45) is 9.19. The van der Waals surface area contributed by atoms with Gasteiger partial charge >= 0.3 is 0 Å². The lowest BCUT2D eigenvalue weighted by Crippen LogP contribution is -2.21. The number of hydrogen-bond acceptors (Lipinski definition) is 2. The van der Waals surface area contributed by atoms with Crippen LogP contribution in [0.3, 0.4) is 0 Å². The van der Waals surface area contributed by atoms with Gasteiger partial charge in [-0.2, -0.15) is 0 Å². The van der Waals surface area contributed by atoms with Gasteiger partial charge in [0, 0.05) is 12.1 Å². The second-order valence-electron chi connectivity index (χ2n) is 5.75. The largest absolute Gasteiger partial charge is 0.324 e. The molecule has 2 unspecified atom stereocenters. The maximum Gasteiger partial charge on any atom is 0.0341 e. The first-order valence-corrected chi connectivity index (χ1v) is 7.90. The van der Waals surface area contributed by atoms with Crippen LogP contribution in [0.5, 0.6) is 0 Å². The quantitative estimate of drug-likeness (QED) is 0.691. The van der Waals surface area contributed by atoms with Crippen molar-refractivity contribution in [3.8, 4) is 0 Å². The minimum absolute atomic E-state index is 0.221. The van der Waals surface area contributed by atoms with Crippen molar-refractivity contribution in [1.29, 1.82) is 0 Å². The topological polar surface area (TPSA) is 38.0 Å². The molecular formula is C17H28N2. The van der Waals surface area contributed by atoms with Crippen LogP contribution in [0.25, 0.3) is 0 Å². The predicted molar refractivity (Wildman–Crippen MR) is 82.1 cm³/mol. The highest BCUT2D eigenvalue weighted by atomic mass is 14.9. The molecule has 1 aliphatic carbocycles. The molecule has 19 heavy (non-hydrogen) atoms. The minimum Gasteiger partial charge on any atom is -0.324 e. The second kappa shape index (κ2) is 7.66. The van der Waals surface area contributed by atoms with E-state index in [0.717, 1.165) is 13.0 Å². The number of unbranched alkanes of at least 4 members (excludes halogenated alkanes) is 5. The Morgan fingerprint density at radius 3 is 2.53 bits per heavy atom. The number of benzene rings is 1. The molecule has 0 radical (unpaired) electrons. The van der Waals surface area contributed by atoms with Crippen molar-refractivity contribution in [2.45, 2.75) is 64.0 Å². The van der Waals surface area contributed by atoms with Crippen molar-refractivity contribution in [3.05, 3.63) is 35.4 Å². The van der Waals surface area contributed by atoms with E-state index in [0.29, 0.717) is 6.04 Å². The van der Waals surface area contributed by atoms with Gasteiger partial charge in [-0.1, -0.05) is 63.3 Å². The average molecular weight is 260 g/mol. The molecule has 2 nitrogen and oxygen atoms in total. The third-order valence-electron chi connectivity index (χ3n) is 4.18. The Bertz CT molecular complexity index is 375. The molecule has 0 saturated carbocycles. The van der Waals surface area contributed by atoms with Gasteiger partial charge < -0.3 is 11.1 Å². The third-order valence-corrected chi connectivity index (χ3v) is 4.18. The van der Waals surface area contributed by atoms with E-state index in [9.17, 15) is 0 Å². The minimum atomic E-state index is 0.221. The molecule has 0 aromatic heterocycles. The van der Waals surface area contributed by atoms with Crippen LogP contribution in [0.4, 0.5) is 0 Å². The van der Waals surface area contributed by atoms with Crippen molar-refractivity contribution in [3.63, 3.8) is 0 Å². The van der Waals surface area contributed by atoms with Crippen molar-refractivity contribution >= 4 is 0 Å². The SMILES string of the molecule is CCCCCCCCNC1CC(N)c2ccccc21. The number of fused-ring (bicyclic) bond motifs is 1. The first-order valence-electron chi connectivity index (χ1n) is 7.90. The van der Waals surface area contributed by atoms with Crippen LogP contribution in [0.2, 0.25) is 0 Å². The Morgan fingerprint density at radius 2 is 1.74 bits per heavy atom. The summed E-state index contributed by atoms with van der Waals surface area (Å²) in [5.74, 6) is 0. The standard InChI is InChI=1S/C17H28N2/c1-2-3-4-5-6-9-12-19-17-13-16(18)14-10-7-8-11-15(14)17/h7-8,10-11,16-17,19H,2-6,9,12-13,18H2,1H3. The van der Waals surface area contributed by atoms with E-state index in [2.05, 4.69) is 36.5 Å². The molecule has 2 rings (SSSR count). The van der Waals surface area contributed by atoms with Gasteiger partial charge in [-0.3, -0.25) is 0 Å². The fourth-order valence-electron chi connectivity index (χ4n) is 3.05. The second-order valence-corrected chi connectivity index (χ2v) is 5.75. The maximum atomic E-state index is 6.18. The first-order chi connectivity index (χ1) is 9.33. The highest BCUT2D eigenvalue weighted by molar-refractivity contribution is 5.37. The summed E-state index contributed by atoms with van der Waals surface area (Å²) < 4.78 is 0. The van der Waals surface area contributed by atoms with Crippen LogP contribution in [-0.4, -0.2) is 6.54 Å². The molecular weight excluding hydrogens is 232 g/mol. The summed E-state index contributed by atoms with van der Waals surface area (Å²) in [6, 6.07) is 9.30. The molecule has 1 aliphatic rings. The summed E-state index contributed by atoms with van der Waals surface area (Å²) in [4.78, 5) is 0. The molecule has 3 N–H and O–H groups in total. The molecule has 1 aromatic carbocycles. The van der Waals surface area contributed by atoms with Crippen molar-refractivity contribution in [1.82, 2.24) is 5.32 Å². The number of nitrogens with two attached hydrogens (primary N) is 1. The van der Waals surface area contributed by atoms with E-state index in [-0.39, 0.29) is 6.04 Å². The fourth-order valence-corrected chi connectivity index (χ4v) is 3.05. The molecule has 106 valence electrons.